The second-order valence-electron chi connectivity index (χ2n) is 2.20. The summed E-state index contributed by atoms with van der Waals surface area (Å²) >= 11 is 0. The average Bonchev–Trinajstić information content (AvgIpc) is 2.50. The number of hydrogen-bond donors (Lipinski definition) is 2. The summed E-state index contributed by atoms with van der Waals surface area (Å²) in [5, 5.41) is 8.46. The molecule has 0 aliphatic heterocycles. The van der Waals surface area contributed by atoms with Crippen LogP contribution in [0.5, 0.6) is 0 Å². The number of nitrogens with two attached hydrogens (primary N) is 1. The number of nitrogens with one attached hydrogen (secondary N) is 1. The van der Waals surface area contributed by atoms with Crippen LogP contribution in [0.4, 0.5) is 0 Å². The van der Waals surface area contributed by atoms with E-state index in [-0.39, 0.29) is 6.04 Å². The van der Waals surface area contributed by atoms with Crippen LogP contribution >= 0.6 is 0 Å². The van der Waals surface area contributed by atoms with E-state index < -0.39 is 0 Å². The Kier molecular flexibility index (Phi) is 2.09. The zero-order valence-corrected chi connectivity index (χ0v) is 6.04. The first-order valence-electron chi connectivity index (χ1n) is 3.25. The maximum Gasteiger partial charge on any atom is 0.117 e. The minimum Gasteiger partial charge on any atom is -0.349 e. The number of aromatic amines is 1. The summed E-state index contributed by atoms with van der Waals surface area (Å²) in [5.41, 5.74) is 6.95. The van der Waals surface area contributed by atoms with E-state index in [2.05, 4.69) is 11.6 Å². The van der Waals surface area contributed by atoms with E-state index in [1.807, 2.05) is 6.07 Å². The fraction of sp³-hybridized carbons (Fsp3) is 0.125. The van der Waals surface area contributed by atoms with E-state index in [9.17, 15) is 0 Å². The molecule has 1 atom stereocenters. The first-order chi connectivity index (χ1) is 5.27. The Morgan fingerprint density at radius 1 is 1.73 bits per heavy atom. The lowest BCUT2D eigenvalue weighted by molar-refractivity contribution is 0.874. The van der Waals surface area contributed by atoms with Crippen LogP contribution in [0.3, 0.4) is 0 Å². The molecule has 3 nitrogen and oxygen atoms in total. The summed E-state index contributed by atoms with van der Waals surface area (Å²) in [5.74, 6) is 0. The topological polar surface area (TPSA) is 65.6 Å². The number of nitriles is 1. The van der Waals surface area contributed by atoms with E-state index in [0.29, 0.717) is 5.69 Å². The van der Waals surface area contributed by atoms with Gasteiger partial charge in [0.05, 0.1) is 6.04 Å². The molecule has 0 radical (unpaired) electrons. The predicted molar refractivity (Wildman–Crippen MR) is 42.6 cm³/mol. The second-order valence-corrected chi connectivity index (χ2v) is 2.20. The lowest BCUT2D eigenvalue weighted by Crippen LogP contribution is -2.06. The third kappa shape index (κ3) is 1.48. The zero-order chi connectivity index (χ0) is 8.27. The molecule has 1 aromatic heterocycles. The fourth-order valence-corrected chi connectivity index (χ4v) is 0.799. The van der Waals surface area contributed by atoms with Gasteiger partial charge in [0.15, 0.2) is 0 Å². The van der Waals surface area contributed by atoms with Gasteiger partial charge >= 0.3 is 0 Å². The van der Waals surface area contributed by atoms with Crippen molar-refractivity contribution in [2.24, 2.45) is 5.73 Å². The molecule has 1 heterocycles. The zero-order valence-electron chi connectivity index (χ0n) is 6.04. The predicted octanol–water partition coefficient (Wildman–Crippen LogP) is 1.07. The Morgan fingerprint density at radius 3 is 2.91 bits per heavy atom. The van der Waals surface area contributed by atoms with Crippen molar-refractivity contribution < 1.29 is 0 Å². The largest absolute Gasteiger partial charge is 0.349 e. The highest BCUT2D eigenvalue weighted by atomic mass is 14.8. The fourth-order valence-electron chi connectivity index (χ4n) is 0.799. The molecule has 56 valence electrons. The van der Waals surface area contributed by atoms with Crippen molar-refractivity contribution in [3.8, 4) is 6.07 Å². The Hall–Kier alpha value is -1.53. The van der Waals surface area contributed by atoms with Gasteiger partial charge in [-0.2, -0.15) is 5.26 Å². The molecule has 0 aliphatic carbocycles. The van der Waals surface area contributed by atoms with Crippen molar-refractivity contribution >= 4 is 0 Å². The maximum absolute atomic E-state index is 8.46. The molecular weight excluding hydrogens is 138 g/mol. The van der Waals surface area contributed by atoms with Crippen molar-refractivity contribution in [3.63, 3.8) is 0 Å². The quantitative estimate of drug-likeness (QED) is 0.614. The van der Waals surface area contributed by atoms with Crippen molar-refractivity contribution in [2.45, 2.75) is 6.04 Å². The molecule has 0 fully saturated rings. The third-order valence-electron chi connectivity index (χ3n) is 1.44. The van der Waals surface area contributed by atoms with Crippen LogP contribution < -0.4 is 5.73 Å². The molecule has 0 bridgehead atoms. The maximum atomic E-state index is 8.46. The van der Waals surface area contributed by atoms with Crippen molar-refractivity contribution in [3.05, 3.63) is 36.2 Å². The van der Waals surface area contributed by atoms with Gasteiger partial charge < -0.3 is 10.7 Å². The summed E-state index contributed by atoms with van der Waals surface area (Å²) in [6.45, 7) is 3.54. The van der Waals surface area contributed by atoms with Gasteiger partial charge in [0.1, 0.15) is 11.8 Å². The van der Waals surface area contributed by atoms with Crippen LogP contribution in [0.2, 0.25) is 0 Å². The summed E-state index contributed by atoms with van der Waals surface area (Å²) in [6.07, 6.45) is 1.62. The minimum absolute atomic E-state index is 0.211. The number of aromatic nitrogens is 1. The molecule has 3 N–H and O–H groups in total. The van der Waals surface area contributed by atoms with E-state index in [1.165, 1.54) is 0 Å². The summed E-state index contributed by atoms with van der Waals surface area (Å²) in [4.78, 5) is 2.86. The van der Waals surface area contributed by atoms with Gasteiger partial charge in [0.2, 0.25) is 0 Å². The lowest BCUT2D eigenvalue weighted by Gasteiger charge is -2.00. The molecule has 0 amide bonds. The normalized spacial score (nSPS) is 12.0. The Morgan fingerprint density at radius 2 is 2.45 bits per heavy atom. The molecule has 0 saturated heterocycles. The smallest absolute Gasteiger partial charge is 0.117 e. The standard InChI is InChI=1S/C8H9N3/c1-2-7(10)8-4-3-6(5-9)11-8/h2-4,7,11H,1,10H2. The molecule has 11 heavy (non-hydrogen) atoms. The van der Waals surface area contributed by atoms with Crippen LogP contribution in [-0.2, 0) is 0 Å². The third-order valence-corrected chi connectivity index (χ3v) is 1.44. The number of nitrogens with zero attached hydrogens (tertiary/aromatic N) is 1. The van der Waals surface area contributed by atoms with Crippen LogP contribution in [-0.4, -0.2) is 4.98 Å². The first-order valence-corrected chi connectivity index (χ1v) is 3.25. The lowest BCUT2D eigenvalue weighted by atomic mass is 10.2. The molecular formula is C8H9N3. The van der Waals surface area contributed by atoms with E-state index >= 15 is 0 Å². The molecule has 0 saturated carbocycles. The summed E-state index contributed by atoms with van der Waals surface area (Å²) in [6, 6.07) is 5.25. The number of rotatable bonds is 2. The average molecular weight is 147 g/mol. The molecule has 0 spiro atoms. The summed E-state index contributed by atoms with van der Waals surface area (Å²) < 4.78 is 0. The number of H-pyrrole nitrogens is 1. The highest BCUT2D eigenvalue weighted by Crippen LogP contribution is 2.09. The van der Waals surface area contributed by atoms with Gasteiger partial charge in [-0.05, 0) is 12.1 Å². The molecule has 1 rings (SSSR count). The number of hydrogen-bond acceptors (Lipinski definition) is 2. The SMILES string of the molecule is C=CC(N)c1ccc(C#N)[nH]1. The van der Waals surface area contributed by atoms with Crippen LogP contribution in [0.25, 0.3) is 0 Å². The van der Waals surface area contributed by atoms with Gasteiger partial charge in [-0.3, -0.25) is 0 Å². The molecule has 0 aliphatic rings. The molecule has 0 aromatic carbocycles. The van der Waals surface area contributed by atoms with E-state index in [0.717, 1.165) is 5.69 Å². The monoisotopic (exact) mass is 147 g/mol. The van der Waals surface area contributed by atoms with Gasteiger partial charge in [-0.1, -0.05) is 6.08 Å². The van der Waals surface area contributed by atoms with Crippen LogP contribution in [0, 0.1) is 11.3 Å². The van der Waals surface area contributed by atoms with Crippen LogP contribution in [0.15, 0.2) is 24.8 Å². The van der Waals surface area contributed by atoms with Crippen LogP contribution in [0.1, 0.15) is 17.4 Å². The van der Waals surface area contributed by atoms with Crippen molar-refractivity contribution in [2.75, 3.05) is 0 Å². The van der Waals surface area contributed by atoms with E-state index in [4.69, 9.17) is 11.0 Å². The van der Waals surface area contributed by atoms with Crippen molar-refractivity contribution in [1.82, 2.24) is 4.98 Å². The van der Waals surface area contributed by atoms with E-state index in [1.54, 1.807) is 18.2 Å². The van der Waals surface area contributed by atoms with Gasteiger partial charge in [-0.15, -0.1) is 6.58 Å². The summed E-state index contributed by atoms with van der Waals surface area (Å²) in [7, 11) is 0. The minimum atomic E-state index is -0.211. The van der Waals surface area contributed by atoms with Gasteiger partial charge in [-0.25, -0.2) is 0 Å². The molecule has 1 unspecified atom stereocenters. The van der Waals surface area contributed by atoms with Gasteiger partial charge in [0, 0.05) is 5.69 Å². The molecule has 1 aromatic rings. The Balaban J connectivity index is 2.90. The highest BCUT2D eigenvalue weighted by Gasteiger charge is 2.02. The Bertz CT molecular complexity index is 293. The molecule has 3 heteroatoms. The van der Waals surface area contributed by atoms with Crippen molar-refractivity contribution in [1.29, 1.82) is 5.26 Å². The second kappa shape index (κ2) is 3.04. The Labute approximate surface area is 65.1 Å². The highest BCUT2D eigenvalue weighted by molar-refractivity contribution is 5.26. The van der Waals surface area contributed by atoms with Gasteiger partial charge in [0.25, 0.3) is 0 Å². The first kappa shape index (κ1) is 7.58.